The molecule has 0 fully saturated rings. The van der Waals surface area contributed by atoms with Crippen LogP contribution in [-0.2, 0) is 20.0 Å². The molecule has 0 atom stereocenters. The van der Waals surface area contributed by atoms with Gasteiger partial charge in [-0.1, -0.05) is 47.4 Å². The molecule has 1 aromatic heterocycles. The third kappa shape index (κ3) is 3.99. The summed E-state index contributed by atoms with van der Waals surface area (Å²) < 4.78 is 10.6. The zero-order valence-electron chi connectivity index (χ0n) is 12.1. The van der Waals surface area contributed by atoms with Crippen LogP contribution < -0.4 is 5.73 Å². The summed E-state index contributed by atoms with van der Waals surface area (Å²) in [6.07, 6.45) is 1.39. The average Bonchev–Trinajstić information content (AvgIpc) is 2.96. The van der Waals surface area contributed by atoms with Crippen molar-refractivity contribution in [1.82, 2.24) is 10.2 Å². The first-order chi connectivity index (χ1) is 10.7. The van der Waals surface area contributed by atoms with Crippen molar-refractivity contribution in [3.63, 3.8) is 0 Å². The highest BCUT2D eigenvalue weighted by Crippen LogP contribution is 2.30. The number of hydrogen-bond acceptors (Lipinski definition) is 8. The van der Waals surface area contributed by atoms with E-state index in [4.69, 9.17) is 15.2 Å². The fraction of sp³-hybridized carbons (Fsp3) is 0.214. The van der Waals surface area contributed by atoms with Gasteiger partial charge in [-0.05, 0) is 11.1 Å². The monoisotopic (exact) mass is 337 g/mol. The number of hydrogen-bond donors (Lipinski definition) is 1. The van der Waals surface area contributed by atoms with E-state index in [1.807, 2.05) is 24.3 Å². The van der Waals surface area contributed by atoms with Crippen molar-refractivity contribution >= 4 is 39.8 Å². The summed E-state index contributed by atoms with van der Waals surface area (Å²) in [5.41, 5.74) is 7.67. The predicted octanol–water partition coefficient (Wildman–Crippen LogP) is 2.57. The van der Waals surface area contributed by atoms with Crippen molar-refractivity contribution in [3.05, 3.63) is 41.7 Å². The highest BCUT2D eigenvalue weighted by molar-refractivity contribution is 8.00. The van der Waals surface area contributed by atoms with Gasteiger partial charge in [0.15, 0.2) is 4.34 Å². The molecule has 0 aliphatic carbocycles. The Labute approximate surface area is 136 Å². The lowest BCUT2D eigenvalue weighted by Crippen LogP contribution is -2.06. The Kier molecular flexibility index (Phi) is 5.79. The van der Waals surface area contributed by atoms with Gasteiger partial charge in [-0.3, -0.25) is 0 Å². The second kappa shape index (κ2) is 7.81. The minimum atomic E-state index is -0.445. The minimum Gasteiger partial charge on any atom is -0.503 e. The summed E-state index contributed by atoms with van der Waals surface area (Å²) in [4.78, 5) is 11.9. The van der Waals surface area contributed by atoms with E-state index in [2.05, 4.69) is 10.2 Å². The van der Waals surface area contributed by atoms with E-state index in [1.54, 1.807) is 0 Å². The van der Waals surface area contributed by atoms with E-state index < -0.39 is 5.97 Å². The van der Waals surface area contributed by atoms with E-state index in [1.165, 1.54) is 43.6 Å². The SMILES string of the molecule is CO/C=C(/C(=O)OC)c1ccccc1CSc1nnc(N)s1. The van der Waals surface area contributed by atoms with Crippen LogP contribution in [0.2, 0.25) is 0 Å². The number of aromatic nitrogens is 2. The molecule has 0 saturated carbocycles. The number of carbonyl (C=O) groups excluding carboxylic acids is 1. The van der Waals surface area contributed by atoms with Crippen molar-refractivity contribution in [3.8, 4) is 0 Å². The van der Waals surface area contributed by atoms with E-state index in [9.17, 15) is 4.79 Å². The summed E-state index contributed by atoms with van der Waals surface area (Å²) in [5, 5.41) is 8.18. The Morgan fingerprint density at radius 2 is 2.14 bits per heavy atom. The summed E-state index contributed by atoms with van der Waals surface area (Å²) in [6, 6.07) is 7.57. The minimum absolute atomic E-state index is 0.373. The quantitative estimate of drug-likeness (QED) is 0.375. The largest absolute Gasteiger partial charge is 0.503 e. The first-order valence-electron chi connectivity index (χ1n) is 6.27. The molecule has 0 amide bonds. The van der Waals surface area contributed by atoms with Gasteiger partial charge in [0.1, 0.15) is 5.57 Å². The molecule has 0 bridgehead atoms. The number of anilines is 1. The molecule has 22 heavy (non-hydrogen) atoms. The van der Waals surface area contributed by atoms with Gasteiger partial charge in [-0.15, -0.1) is 10.2 Å². The summed E-state index contributed by atoms with van der Waals surface area (Å²) in [7, 11) is 2.83. The van der Waals surface area contributed by atoms with Gasteiger partial charge in [-0.2, -0.15) is 0 Å². The molecule has 2 aromatic rings. The third-order valence-corrected chi connectivity index (χ3v) is 4.66. The number of esters is 1. The van der Waals surface area contributed by atoms with Crippen LogP contribution in [-0.4, -0.2) is 30.4 Å². The van der Waals surface area contributed by atoms with Crippen LogP contribution in [0.1, 0.15) is 11.1 Å². The van der Waals surface area contributed by atoms with Crippen molar-refractivity contribution < 1.29 is 14.3 Å². The van der Waals surface area contributed by atoms with E-state index in [0.717, 1.165) is 15.5 Å². The van der Waals surface area contributed by atoms with Crippen LogP contribution in [0.25, 0.3) is 5.57 Å². The molecular formula is C14H15N3O3S2. The third-order valence-electron chi connectivity index (χ3n) is 2.72. The fourth-order valence-electron chi connectivity index (χ4n) is 1.78. The molecule has 8 heteroatoms. The maximum Gasteiger partial charge on any atom is 0.341 e. The van der Waals surface area contributed by atoms with Gasteiger partial charge in [-0.25, -0.2) is 4.79 Å². The predicted molar refractivity (Wildman–Crippen MR) is 87.3 cm³/mol. The molecule has 0 aliphatic heterocycles. The number of nitrogen functional groups attached to an aromatic ring is 1. The van der Waals surface area contributed by atoms with Crippen molar-refractivity contribution in [1.29, 1.82) is 0 Å². The zero-order chi connectivity index (χ0) is 15.9. The first-order valence-corrected chi connectivity index (χ1v) is 8.07. The second-order valence-electron chi connectivity index (χ2n) is 4.11. The summed E-state index contributed by atoms with van der Waals surface area (Å²) in [5.74, 6) is 0.183. The fourth-order valence-corrected chi connectivity index (χ4v) is 3.42. The number of rotatable bonds is 6. The first kappa shape index (κ1) is 16.3. The lowest BCUT2D eigenvalue weighted by atomic mass is 10.0. The molecular weight excluding hydrogens is 322 g/mol. The van der Waals surface area contributed by atoms with E-state index in [0.29, 0.717) is 16.5 Å². The number of benzene rings is 1. The average molecular weight is 337 g/mol. The normalized spacial score (nSPS) is 11.3. The lowest BCUT2D eigenvalue weighted by Gasteiger charge is -2.10. The van der Waals surface area contributed by atoms with Gasteiger partial charge >= 0.3 is 5.97 Å². The van der Waals surface area contributed by atoms with Gasteiger partial charge in [0.25, 0.3) is 0 Å². The van der Waals surface area contributed by atoms with Gasteiger partial charge < -0.3 is 15.2 Å². The summed E-state index contributed by atoms with van der Waals surface area (Å²) in [6.45, 7) is 0. The van der Waals surface area contributed by atoms with Gasteiger partial charge in [0, 0.05) is 5.75 Å². The molecule has 6 nitrogen and oxygen atoms in total. The Morgan fingerprint density at radius 1 is 1.36 bits per heavy atom. The molecule has 0 saturated heterocycles. The summed E-state index contributed by atoms with van der Waals surface area (Å²) >= 11 is 2.84. The van der Waals surface area contributed by atoms with Gasteiger partial charge in [0.2, 0.25) is 5.13 Å². The van der Waals surface area contributed by atoms with Crippen LogP contribution >= 0.6 is 23.1 Å². The molecule has 0 radical (unpaired) electrons. The van der Waals surface area contributed by atoms with Crippen molar-refractivity contribution in [2.24, 2.45) is 0 Å². The van der Waals surface area contributed by atoms with E-state index in [-0.39, 0.29) is 0 Å². The van der Waals surface area contributed by atoms with E-state index >= 15 is 0 Å². The topological polar surface area (TPSA) is 87.3 Å². The molecule has 0 spiro atoms. The van der Waals surface area contributed by atoms with Crippen LogP contribution in [0.4, 0.5) is 5.13 Å². The zero-order valence-corrected chi connectivity index (χ0v) is 13.7. The highest BCUT2D eigenvalue weighted by atomic mass is 32.2. The van der Waals surface area contributed by atoms with Crippen LogP contribution in [0.3, 0.4) is 0 Å². The molecule has 116 valence electrons. The maximum atomic E-state index is 11.9. The molecule has 2 N–H and O–H groups in total. The lowest BCUT2D eigenvalue weighted by molar-refractivity contribution is -0.133. The maximum absolute atomic E-state index is 11.9. The Bertz CT molecular complexity index is 685. The number of carbonyl (C=O) groups is 1. The molecule has 2 rings (SSSR count). The van der Waals surface area contributed by atoms with Crippen molar-refractivity contribution in [2.45, 2.75) is 10.1 Å². The number of nitrogens with zero attached hydrogens (tertiary/aromatic N) is 2. The second-order valence-corrected chi connectivity index (χ2v) is 6.34. The molecule has 1 aromatic carbocycles. The van der Waals surface area contributed by atoms with Crippen LogP contribution in [0.15, 0.2) is 34.9 Å². The highest BCUT2D eigenvalue weighted by Gasteiger charge is 2.17. The number of methoxy groups -OCH3 is 2. The molecule has 0 aliphatic rings. The Balaban J connectivity index is 2.25. The Hall–Kier alpha value is -2.06. The van der Waals surface area contributed by atoms with Crippen LogP contribution in [0, 0.1) is 0 Å². The molecule has 1 heterocycles. The standard InChI is InChI=1S/C14H15N3O3S2/c1-19-7-11(12(18)20-2)10-6-4-3-5-9(10)8-21-14-17-16-13(15)22-14/h3-7H,8H2,1-2H3,(H2,15,16)/b11-7+. The van der Waals surface area contributed by atoms with Crippen molar-refractivity contribution in [2.75, 3.05) is 20.0 Å². The number of ether oxygens (including phenoxy) is 2. The smallest absolute Gasteiger partial charge is 0.341 e. The molecule has 0 unspecified atom stereocenters. The van der Waals surface area contributed by atoms with Gasteiger partial charge in [0.05, 0.1) is 20.5 Å². The number of thioether (sulfide) groups is 1. The Morgan fingerprint density at radius 3 is 2.77 bits per heavy atom. The number of nitrogens with two attached hydrogens (primary N) is 1. The van der Waals surface area contributed by atoms with Crippen LogP contribution in [0.5, 0.6) is 0 Å².